The number of hydrogen-bond donors (Lipinski definition) is 2. The molecule has 1 aromatic rings. The van der Waals surface area contributed by atoms with E-state index in [1.54, 1.807) is 13.2 Å². The zero-order chi connectivity index (χ0) is 14.6. The van der Waals surface area contributed by atoms with Crippen LogP contribution in [-0.4, -0.2) is 49.5 Å². The van der Waals surface area contributed by atoms with Gasteiger partial charge in [-0.1, -0.05) is 0 Å². The Hall–Kier alpha value is -1.30. The van der Waals surface area contributed by atoms with Crippen LogP contribution in [0.5, 0.6) is 5.75 Å². The molecule has 3 N–H and O–H groups in total. The molecular formula is C15H24N2O3. The molecule has 1 heterocycles. The van der Waals surface area contributed by atoms with Crippen molar-refractivity contribution in [3.05, 3.63) is 23.8 Å². The third-order valence-electron chi connectivity index (χ3n) is 3.66. The summed E-state index contributed by atoms with van der Waals surface area (Å²) in [6.45, 7) is 2.63. The molecule has 1 saturated heterocycles. The Kier molecular flexibility index (Phi) is 4.86. The molecule has 0 bridgehead atoms. The van der Waals surface area contributed by atoms with Gasteiger partial charge < -0.3 is 20.3 Å². The maximum Gasteiger partial charge on any atom is 0.121 e. The normalized spacial score (nSPS) is 18.2. The SMILES string of the molecule is COc1cc(N)cc(CN(C)CC2(O)CCOCC2)c1. The highest BCUT2D eigenvalue weighted by Crippen LogP contribution is 2.23. The molecule has 1 fully saturated rings. The van der Waals surface area contributed by atoms with Crippen molar-refractivity contribution in [2.45, 2.75) is 25.0 Å². The smallest absolute Gasteiger partial charge is 0.121 e. The number of aliphatic hydroxyl groups is 1. The van der Waals surface area contributed by atoms with E-state index in [-0.39, 0.29) is 0 Å². The maximum atomic E-state index is 10.5. The van der Waals surface area contributed by atoms with E-state index in [0.29, 0.717) is 38.3 Å². The minimum absolute atomic E-state index is 0.632. The molecule has 1 aromatic carbocycles. The average Bonchev–Trinajstić information content (AvgIpc) is 2.37. The van der Waals surface area contributed by atoms with Crippen LogP contribution >= 0.6 is 0 Å². The summed E-state index contributed by atoms with van der Waals surface area (Å²) in [4.78, 5) is 2.11. The average molecular weight is 280 g/mol. The lowest BCUT2D eigenvalue weighted by Gasteiger charge is -2.35. The van der Waals surface area contributed by atoms with Crippen molar-refractivity contribution in [1.29, 1.82) is 0 Å². The van der Waals surface area contributed by atoms with E-state index in [4.69, 9.17) is 15.2 Å². The summed E-state index contributed by atoms with van der Waals surface area (Å²) < 4.78 is 10.5. The third-order valence-corrected chi connectivity index (χ3v) is 3.66. The summed E-state index contributed by atoms with van der Waals surface area (Å²) in [5.41, 5.74) is 6.99. The molecule has 0 atom stereocenters. The Morgan fingerprint density at radius 3 is 2.70 bits per heavy atom. The van der Waals surface area contributed by atoms with Crippen LogP contribution in [0.15, 0.2) is 18.2 Å². The van der Waals surface area contributed by atoms with E-state index in [1.165, 1.54) is 0 Å². The largest absolute Gasteiger partial charge is 0.497 e. The summed E-state index contributed by atoms with van der Waals surface area (Å²) in [5.74, 6) is 0.762. The van der Waals surface area contributed by atoms with Crippen LogP contribution in [0.1, 0.15) is 18.4 Å². The van der Waals surface area contributed by atoms with Gasteiger partial charge in [0.2, 0.25) is 0 Å². The second kappa shape index (κ2) is 6.43. The van der Waals surface area contributed by atoms with Crippen LogP contribution in [0, 0.1) is 0 Å². The van der Waals surface area contributed by atoms with Crippen molar-refractivity contribution >= 4 is 5.69 Å². The van der Waals surface area contributed by atoms with Gasteiger partial charge in [-0.2, -0.15) is 0 Å². The summed E-state index contributed by atoms with van der Waals surface area (Å²) in [7, 11) is 3.64. The number of hydrogen-bond acceptors (Lipinski definition) is 5. The molecule has 0 aromatic heterocycles. The Labute approximate surface area is 120 Å². The fourth-order valence-electron chi connectivity index (χ4n) is 2.67. The Morgan fingerprint density at radius 1 is 1.35 bits per heavy atom. The van der Waals surface area contributed by atoms with Gasteiger partial charge in [-0.3, -0.25) is 4.90 Å². The van der Waals surface area contributed by atoms with Gasteiger partial charge in [0.25, 0.3) is 0 Å². The Balaban J connectivity index is 1.96. The van der Waals surface area contributed by atoms with Crippen molar-refractivity contribution in [2.75, 3.05) is 39.6 Å². The molecule has 1 aliphatic rings. The van der Waals surface area contributed by atoms with Crippen molar-refractivity contribution in [3.63, 3.8) is 0 Å². The van der Waals surface area contributed by atoms with Gasteiger partial charge in [0.15, 0.2) is 0 Å². The molecule has 0 amide bonds. The first-order valence-electron chi connectivity index (χ1n) is 6.93. The van der Waals surface area contributed by atoms with E-state index < -0.39 is 5.60 Å². The molecule has 5 heteroatoms. The standard InChI is InChI=1S/C15H24N2O3/c1-17(11-15(18)3-5-20-6-4-15)10-12-7-13(16)9-14(8-12)19-2/h7-9,18H,3-6,10-11,16H2,1-2H3. The van der Waals surface area contributed by atoms with Crippen LogP contribution in [0.2, 0.25) is 0 Å². The molecule has 5 nitrogen and oxygen atoms in total. The number of nitrogen functional groups attached to an aromatic ring is 1. The minimum Gasteiger partial charge on any atom is -0.497 e. The van der Waals surface area contributed by atoms with E-state index in [0.717, 1.165) is 17.9 Å². The Bertz CT molecular complexity index is 445. The predicted octanol–water partition coefficient (Wildman–Crippen LogP) is 1.25. The van der Waals surface area contributed by atoms with Crippen LogP contribution in [0.4, 0.5) is 5.69 Å². The molecule has 1 aliphatic heterocycles. The summed E-state index contributed by atoms with van der Waals surface area (Å²) in [5, 5.41) is 10.5. The molecule has 0 radical (unpaired) electrons. The molecule has 0 saturated carbocycles. The lowest BCUT2D eigenvalue weighted by atomic mass is 9.94. The van der Waals surface area contributed by atoms with Gasteiger partial charge in [0.05, 0.1) is 12.7 Å². The van der Waals surface area contributed by atoms with E-state index in [2.05, 4.69) is 4.90 Å². The van der Waals surface area contributed by atoms with E-state index in [1.807, 2.05) is 19.2 Å². The molecule has 0 unspecified atom stereocenters. The lowest BCUT2D eigenvalue weighted by Crippen LogP contribution is -2.45. The highest BCUT2D eigenvalue weighted by atomic mass is 16.5. The number of nitrogens with zero attached hydrogens (tertiary/aromatic N) is 1. The van der Waals surface area contributed by atoms with Crippen molar-refractivity contribution in [2.24, 2.45) is 0 Å². The van der Waals surface area contributed by atoms with Gasteiger partial charge >= 0.3 is 0 Å². The zero-order valence-electron chi connectivity index (χ0n) is 12.3. The van der Waals surface area contributed by atoms with Crippen LogP contribution in [0.3, 0.4) is 0 Å². The highest BCUT2D eigenvalue weighted by molar-refractivity contribution is 5.47. The number of benzene rings is 1. The van der Waals surface area contributed by atoms with Gasteiger partial charge in [0, 0.05) is 50.9 Å². The number of likely N-dealkylation sites (N-methyl/N-ethyl adjacent to an activating group) is 1. The highest BCUT2D eigenvalue weighted by Gasteiger charge is 2.30. The second-order valence-corrected chi connectivity index (χ2v) is 5.62. The minimum atomic E-state index is -0.641. The molecular weight excluding hydrogens is 256 g/mol. The third kappa shape index (κ3) is 4.10. The fourth-order valence-corrected chi connectivity index (χ4v) is 2.67. The van der Waals surface area contributed by atoms with Crippen molar-refractivity contribution in [3.8, 4) is 5.75 Å². The van der Waals surface area contributed by atoms with E-state index >= 15 is 0 Å². The number of nitrogens with two attached hydrogens (primary N) is 1. The first-order valence-corrected chi connectivity index (χ1v) is 6.93. The number of rotatable bonds is 5. The first kappa shape index (κ1) is 15.1. The summed E-state index contributed by atoms with van der Waals surface area (Å²) in [6.07, 6.45) is 1.38. The zero-order valence-corrected chi connectivity index (χ0v) is 12.3. The van der Waals surface area contributed by atoms with Gasteiger partial charge in [0.1, 0.15) is 5.75 Å². The quantitative estimate of drug-likeness (QED) is 0.795. The van der Waals surface area contributed by atoms with Crippen LogP contribution in [-0.2, 0) is 11.3 Å². The molecule has 0 spiro atoms. The van der Waals surface area contributed by atoms with Gasteiger partial charge in [-0.05, 0) is 24.7 Å². The first-order chi connectivity index (χ1) is 9.50. The van der Waals surface area contributed by atoms with Gasteiger partial charge in [-0.15, -0.1) is 0 Å². The van der Waals surface area contributed by atoms with Crippen molar-refractivity contribution in [1.82, 2.24) is 4.90 Å². The van der Waals surface area contributed by atoms with Crippen LogP contribution < -0.4 is 10.5 Å². The molecule has 2 rings (SSSR count). The monoisotopic (exact) mass is 280 g/mol. The number of anilines is 1. The maximum absolute atomic E-state index is 10.5. The summed E-state index contributed by atoms with van der Waals surface area (Å²) in [6, 6.07) is 5.71. The van der Waals surface area contributed by atoms with Crippen LogP contribution in [0.25, 0.3) is 0 Å². The fraction of sp³-hybridized carbons (Fsp3) is 0.600. The molecule has 20 heavy (non-hydrogen) atoms. The second-order valence-electron chi connectivity index (χ2n) is 5.62. The molecule has 112 valence electrons. The topological polar surface area (TPSA) is 68.0 Å². The Morgan fingerprint density at radius 2 is 2.05 bits per heavy atom. The number of ether oxygens (including phenoxy) is 2. The lowest BCUT2D eigenvalue weighted by molar-refractivity contribution is -0.0777. The van der Waals surface area contributed by atoms with Crippen molar-refractivity contribution < 1.29 is 14.6 Å². The van der Waals surface area contributed by atoms with E-state index in [9.17, 15) is 5.11 Å². The molecule has 0 aliphatic carbocycles. The predicted molar refractivity (Wildman–Crippen MR) is 78.7 cm³/mol. The number of methoxy groups -OCH3 is 1. The van der Waals surface area contributed by atoms with Gasteiger partial charge in [-0.25, -0.2) is 0 Å². The summed E-state index contributed by atoms with van der Waals surface area (Å²) >= 11 is 0.